The van der Waals surface area contributed by atoms with Gasteiger partial charge in [-0.1, -0.05) is 0 Å². The Hall–Kier alpha value is -1.15. The highest BCUT2D eigenvalue weighted by molar-refractivity contribution is 8.13. The van der Waals surface area contributed by atoms with E-state index < -0.39 is 37.3 Å². The van der Waals surface area contributed by atoms with Gasteiger partial charge < -0.3 is 10.7 Å². The SMILES string of the molecule is Nc1[nH]c(C(F)F)cc(=O)c1S(=O)(=O)Cl. The van der Waals surface area contributed by atoms with Crippen molar-refractivity contribution in [3.63, 3.8) is 0 Å². The summed E-state index contributed by atoms with van der Waals surface area (Å²) in [6.07, 6.45) is -2.95. The molecule has 84 valence electrons. The van der Waals surface area contributed by atoms with Gasteiger partial charge in [0.2, 0.25) is 5.43 Å². The van der Waals surface area contributed by atoms with Gasteiger partial charge in [0.25, 0.3) is 15.5 Å². The number of pyridine rings is 1. The number of hydrogen-bond acceptors (Lipinski definition) is 4. The molecule has 0 spiro atoms. The summed E-state index contributed by atoms with van der Waals surface area (Å²) in [7, 11) is 0.538. The van der Waals surface area contributed by atoms with Crippen LogP contribution in [0.4, 0.5) is 14.6 Å². The number of nitrogens with two attached hydrogens (primary N) is 1. The van der Waals surface area contributed by atoms with Crippen LogP contribution >= 0.6 is 10.7 Å². The van der Waals surface area contributed by atoms with Gasteiger partial charge in [0, 0.05) is 16.7 Å². The van der Waals surface area contributed by atoms with Crippen LogP contribution in [0.2, 0.25) is 0 Å². The van der Waals surface area contributed by atoms with Gasteiger partial charge in [-0.3, -0.25) is 4.79 Å². The zero-order valence-electron chi connectivity index (χ0n) is 7.00. The van der Waals surface area contributed by atoms with E-state index in [4.69, 9.17) is 16.4 Å². The Morgan fingerprint density at radius 3 is 2.33 bits per heavy atom. The summed E-state index contributed by atoms with van der Waals surface area (Å²) in [5.74, 6) is -0.701. The molecular formula is C6H5ClF2N2O3S. The van der Waals surface area contributed by atoms with E-state index in [1.54, 1.807) is 0 Å². The Morgan fingerprint density at radius 1 is 1.47 bits per heavy atom. The maximum atomic E-state index is 12.1. The van der Waals surface area contributed by atoms with E-state index in [0.717, 1.165) is 0 Å². The quantitative estimate of drug-likeness (QED) is 0.768. The van der Waals surface area contributed by atoms with E-state index in [1.807, 2.05) is 4.98 Å². The predicted octanol–water partition coefficient (Wildman–Crippen LogP) is 0.822. The molecule has 0 bridgehead atoms. The highest BCUT2D eigenvalue weighted by Gasteiger charge is 2.21. The molecule has 0 aliphatic carbocycles. The molecule has 0 aliphatic rings. The molecule has 1 aromatic rings. The zero-order valence-corrected chi connectivity index (χ0v) is 8.57. The standard InChI is InChI=1S/C6H5ClF2N2O3S/c7-15(13,14)4-3(12)1-2(5(8)9)11-6(4)10/h1,5H,(H3,10,11,12). The van der Waals surface area contributed by atoms with Crippen molar-refractivity contribution in [2.24, 2.45) is 0 Å². The van der Waals surface area contributed by atoms with Gasteiger partial charge in [-0.2, -0.15) is 0 Å². The van der Waals surface area contributed by atoms with Crippen LogP contribution in [-0.4, -0.2) is 13.4 Å². The van der Waals surface area contributed by atoms with E-state index >= 15 is 0 Å². The van der Waals surface area contributed by atoms with Crippen molar-refractivity contribution in [1.29, 1.82) is 0 Å². The summed E-state index contributed by atoms with van der Waals surface area (Å²) in [4.78, 5) is 12.1. The Balaban J connectivity index is 3.56. The third-order valence-electron chi connectivity index (χ3n) is 1.51. The minimum absolute atomic E-state index is 0.441. The fourth-order valence-corrected chi connectivity index (χ4v) is 2.05. The number of hydrogen-bond donors (Lipinski definition) is 2. The van der Waals surface area contributed by atoms with Crippen molar-refractivity contribution >= 4 is 25.6 Å². The van der Waals surface area contributed by atoms with E-state index in [-0.39, 0.29) is 0 Å². The molecule has 0 aromatic carbocycles. The number of aromatic amines is 1. The summed E-state index contributed by atoms with van der Waals surface area (Å²) >= 11 is 0. The highest BCUT2D eigenvalue weighted by atomic mass is 35.7. The molecule has 0 amide bonds. The second-order valence-electron chi connectivity index (χ2n) is 2.57. The minimum Gasteiger partial charge on any atom is -0.384 e. The number of nitrogen functional groups attached to an aromatic ring is 1. The van der Waals surface area contributed by atoms with Crippen LogP contribution in [0.15, 0.2) is 15.8 Å². The molecule has 0 aliphatic heterocycles. The average Bonchev–Trinajstić information content (AvgIpc) is 1.99. The van der Waals surface area contributed by atoms with Crippen LogP contribution in [0, 0.1) is 0 Å². The summed E-state index contributed by atoms with van der Waals surface area (Å²) in [5.41, 5.74) is 3.16. The number of rotatable bonds is 2. The molecule has 0 atom stereocenters. The molecule has 9 heteroatoms. The van der Waals surface area contributed by atoms with Gasteiger partial charge >= 0.3 is 0 Å². The topological polar surface area (TPSA) is 93.0 Å². The molecule has 0 fully saturated rings. The molecule has 0 saturated heterocycles. The van der Waals surface area contributed by atoms with Crippen molar-refractivity contribution in [2.75, 3.05) is 5.73 Å². The van der Waals surface area contributed by atoms with Gasteiger partial charge in [-0.25, -0.2) is 17.2 Å². The number of nitrogens with one attached hydrogen (secondary N) is 1. The molecule has 1 heterocycles. The lowest BCUT2D eigenvalue weighted by molar-refractivity contribution is 0.146. The van der Waals surface area contributed by atoms with Gasteiger partial charge in [-0.05, 0) is 0 Å². The fourth-order valence-electron chi connectivity index (χ4n) is 0.957. The first-order chi connectivity index (χ1) is 6.73. The van der Waals surface area contributed by atoms with Crippen LogP contribution in [0.3, 0.4) is 0 Å². The lowest BCUT2D eigenvalue weighted by Gasteiger charge is -2.04. The summed E-state index contributed by atoms with van der Waals surface area (Å²) in [5, 5.41) is 0. The van der Waals surface area contributed by atoms with E-state index in [0.29, 0.717) is 6.07 Å². The summed E-state index contributed by atoms with van der Waals surface area (Å²) in [6, 6.07) is 0.441. The maximum absolute atomic E-state index is 12.1. The monoisotopic (exact) mass is 258 g/mol. The third kappa shape index (κ3) is 2.45. The van der Waals surface area contributed by atoms with Crippen LogP contribution in [-0.2, 0) is 9.05 Å². The third-order valence-corrected chi connectivity index (χ3v) is 2.88. The van der Waals surface area contributed by atoms with Crippen molar-refractivity contribution in [3.05, 3.63) is 22.0 Å². The second-order valence-corrected chi connectivity index (χ2v) is 5.07. The largest absolute Gasteiger partial charge is 0.384 e. The molecular weight excluding hydrogens is 254 g/mol. The Bertz CT molecular complexity index is 540. The fraction of sp³-hybridized carbons (Fsp3) is 0.167. The first kappa shape index (κ1) is 11.9. The molecule has 0 radical (unpaired) electrons. The number of aromatic nitrogens is 1. The number of alkyl halides is 2. The summed E-state index contributed by atoms with van der Waals surface area (Å²) in [6.45, 7) is 0. The highest BCUT2D eigenvalue weighted by Crippen LogP contribution is 2.21. The smallest absolute Gasteiger partial charge is 0.278 e. The molecule has 15 heavy (non-hydrogen) atoms. The minimum atomic E-state index is -4.35. The number of anilines is 1. The first-order valence-corrected chi connectivity index (χ1v) is 5.80. The molecule has 0 saturated carbocycles. The molecule has 3 N–H and O–H groups in total. The Kier molecular flexibility index (Phi) is 3.00. The van der Waals surface area contributed by atoms with Crippen molar-refractivity contribution in [2.45, 2.75) is 11.3 Å². The maximum Gasteiger partial charge on any atom is 0.278 e. The first-order valence-electron chi connectivity index (χ1n) is 3.49. The van der Waals surface area contributed by atoms with Gasteiger partial charge in [0.15, 0.2) is 4.90 Å². The normalized spacial score (nSPS) is 12.0. The van der Waals surface area contributed by atoms with Crippen molar-refractivity contribution in [3.8, 4) is 0 Å². The Labute approximate surface area is 87.3 Å². The van der Waals surface area contributed by atoms with Gasteiger partial charge in [-0.15, -0.1) is 0 Å². The molecule has 1 aromatic heterocycles. The van der Waals surface area contributed by atoms with E-state index in [2.05, 4.69) is 0 Å². The average molecular weight is 259 g/mol. The molecule has 5 nitrogen and oxygen atoms in total. The van der Waals surface area contributed by atoms with E-state index in [9.17, 15) is 22.0 Å². The second kappa shape index (κ2) is 3.78. The Morgan fingerprint density at radius 2 is 2.00 bits per heavy atom. The zero-order chi connectivity index (χ0) is 11.8. The lowest BCUT2D eigenvalue weighted by atomic mass is 10.3. The van der Waals surface area contributed by atoms with Crippen molar-refractivity contribution < 1.29 is 17.2 Å². The number of halogens is 3. The molecule has 1 rings (SSSR count). The van der Waals surface area contributed by atoms with Crippen LogP contribution in [0.5, 0.6) is 0 Å². The van der Waals surface area contributed by atoms with Gasteiger partial charge in [0.1, 0.15) is 5.82 Å². The van der Waals surface area contributed by atoms with E-state index in [1.165, 1.54) is 0 Å². The molecule has 0 unspecified atom stereocenters. The van der Waals surface area contributed by atoms with Crippen LogP contribution < -0.4 is 11.2 Å². The summed E-state index contributed by atoms with van der Waals surface area (Å²) < 4.78 is 46.0. The number of H-pyrrole nitrogens is 1. The van der Waals surface area contributed by atoms with Crippen LogP contribution in [0.1, 0.15) is 12.1 Å². The van der Waals surface area contributed by atoms with Crippen LogP contribution in [0.25, 0.3) is 0 Å². The van der Waals surface area contributed by atoms with Crippen molar-refractivity contribution in [1.82, 2.24) is 4.98 Å². The van der Waals surface area contributed by atoms with Gasteiger partial charge in [0.05, 0.1) is 5.69 Å². The predicted molar refractivity (Wildman–Crippen MR) is 49.5 cm³/mol. The lowest BCUT2D eigenvalue weighted by Crippen LogP contribution is -2.16.